The van der Waals surface area contributed by atoms with Gasteiger partial charge in [-0.15, -0.1) is 0 Å². The van der Waals surface area contributed by atoms with Crippen molar-refractivity contribution < 1.29 is 28.7 Å². The monoisotopic (exact) mass is 222 g/mol. The molecule has 4 unspecified atom stereocenters. The third kappa shape index (κ3) is 0.643. The zero-order valence-corrected chi connectivity index (χ0v) is 7.97. The largest absolute Gasteiger partial charge is 0.393 e. The minimum atomic E-state index is -0.873. The van der Waals surface area contributed by atoms with Crippen LogP contribution in [-0.2, 0) is 28.7 Å². The highest BCUT2D eigenvalue weighted by Crippen LogP contribution is 2.74. The second-order valence-corrected chi connectivity index (χ2v) is 4.82. The average Bonchev–Trinajstić information content (AvgIpc) is 3.06. The first-order valence-corrected chi connectivity index (χ1v) is 5.09. The first kappa shape index (κ1) is 8.43. The molecule has 4 aliphatic rings. The highest BCUT2D eigenvalue weighted by Gasteiger charge is 2.85. The van der Waals surface area contributed by atoms with Gasteiger partial charge in [0, 0.05) is 5.92 Å². The van der Waals surface area contributed by atoms with Gasteiger partial charge in [-0.2, -0.15) is 0 Å². The van der Waals surface area contributed by atoms with E-state index in [4.69, 9.17) is 0 Å². The Labute approximate surface area is 88.9 Å². The molecule has 6 nitrogen and oxygen atoms in total. The fourth-order valence-electron chi connectivity index (χ4n) is 3.33. The summed E-state index contributed by atoms with van der Waals surface area (Å²) in [6.45, 7) is 0. The van der Waals surface area contributed by atoms with Crippen molar-refractivity contribution in [1.82, 2.24) is 0 Å². The van der Waals surface area contributed by atoms with Crippen LogP contribution in [0, 0.1) is 29.1 Å². The molecule has 4 fully saturated rings. The molecule has 0 radical (unpaired) electrons. The molecular formula is C10H6O6. The van der Waals surface area contributed by atoms with Crippen LogP contribution in [0.15, 0.2) is 0 Å². The van der Waals surface area contributed by atoms with Gasteiger partial charge in [0.25, 0.3) is 0 Å². The van der Waals surface area contributed by atoms with Crippen LogP contribution in [0.5, 0.6) is 0 Å². The fraction of sp³-hybridized carbons (Fsp3) is 0.600. The second kappa shape index (κ2) is 2.05. The van der Waals surface area contributed by atoms with Gasteiger partial charge in [0.2, 0.25) is 0 Å². The van der Waals surface area contributed by atoms with E-state index in [-0.39, 0.29) is 5.92 Å². The topological polar surface area (TPSA) is 86.7 Å². The fourth-order valence-corrected chi connectivity index (χ4v) is 3.33. The SMILES string of the molecule is O=C1OC(=O)C2C1C2C12CC1C(=O)OC2=O. The van der Waals surface area contributed by atoms with Crippen molar-refractivity contribution in [3.63, 3.8) is 0 Å². The van der Waals surface area contributed by atoms with E-state index in [1.807, 2.05) is 0 Å². The van der Waals surface area contributed by atoms with Crippen LogP contribution in [0.1, 0.15) is 6.42 Å². The van der Waals surface area contributed by atoms with Crippen molar-refractivity contribution in [1.29, 1.82) is 0 Å². The molecule has 82 valence electrons. The van der Waals surface area contributed by atoms with E-state index >= 15 is 0 Å². The molecule has 0 aromatic rings. The normalized spacial score (nSPS) is 52.0. The molecule has 2 saturated carbocycles. The van der Waals surface area contributed by atoms with E-state index in [9.17, 15) is 19.2 Å². The van der Waals surface area contributed by atoms with Crippen LogP contribution in [0.2, 0.25) is 0 Å². The van der Waals surface area contributed by atoms with Crippen LogP contribution in [0.4, 0.5) is 0 Å². The van der Waals surface area contributed by atoms with Crippen molar-refractivity contribution in [3.05, 3.63) is 0 Å². The second-order valence-electron chi connectivity index (χ2n) is 4.82. The Balaban J connectivity index is 1.72. The van der Waals surface area contributed by atoms with E-state index in [1.54, 1.807) is 0 Å². The lowest BCUT2D eigenvalue weighted by atomic mass is 9.95. The molecule has 4 atom stereocenters. The summed E-state index contributed by atoms with van der Waals surface area (Å²) in [4.78, 5) is 45.3. The van der Waals surface area contributed by atoms with Crippen molar-refractivity contribution in [2.45, 2.75) is 6.42 Å². The number of fused-ring (bicyclic) bond motifs is 2. The lowest BCUT2D eigenvalue weighted by Crippen LogP contribution is -2.23. The lowest BCUT2D eigenvalue weighted by Gasteiger charge is -2.09. The molecule has 0 bridgehead atoms. The third-order valence-electron chi connectivity index (χ3n) is 4.22. The standard InChI is InChI=1S/C10H6O6/c11-6-2-1-10(2,9(14)16-6)5-3-4(5)8(13)15-7(3)12/h2-5H,1H2. The zero-order chi connectivity index (χ0) is 11.2. The van der Waals surface area contributed by atoms with Gasteiger partial charge in [-0.25, -0.2) is 0 Å². The molecule has 4 rings (SSSR count). The van der Waals surface area contributed by atoms with Gasteiger partial charge in [0.1, 0.15) is 0 Å². The van der Waals surface area contributed by atoms with Crippen LogP contribution in [0.25, 0.3) is 0 Å². The van der Waals surface area contributed by atoms with Crippen LogP contribution >= 0.6 is 0 Å². The smallest absolute Gasteiger partial charge is 0.320 e. The Hall–Kier alpha value is -1.72. The average molecular weight is 222 g/mol. The predicted octanol–water partition coefficient (Wildman–Crippen LogP) is -0.978. The molecule has 0 amide bonds. The number of ether oxygens (including phenoxy) is 2. The Morgan fingerprint density at radius 3 is 2.00 bits per heavy atom. The maximum absolute atomic E-state index is 11.6. The molecule has 2 heterocycles. The minimum absolute atomic E-state index is 0.356. The van der Waals surface area contributed by atoms with Gasteiger partial charge < -0.3 is 9.47 Å². The van der Waals surface area contributed by atoms with Gasteiger partial charge in [-0.1, -0.05) is 0 Å². The Morgan fingerprint density at radius 1 is 0.938 bits per heavy atom. The maximum atomic E-state index is 11.6. The first-order valence-electron chi connectivity index (χ1n) is 5.09. The summed E-state index contributed by atoms with van der Waals surface area (Å²) in [5.41, 5.74) is -0.873. The van der Waals surface area contributed by atoms with E-state index in [1.165, 1.54) is 0 Å². The van der Waals surface area contributed by atoms with Crippen molar-refractivity contribution in [3.8, 4) is 0 Å². The van der Waals surface area contributed by atoms with Crippen LogP contribution in [0.3, 0.4) is 0 Å². The van der Waals surface area contributed by atoms with Gasteiger partial charge >= 0.3 is 23.9 Å². The Kier molecular flexibility index (Phi) is 1.08. The van der Waals surface area contributed by atoms with E-state index in [0.29, 0.717) is 6.42 Å². The minimum Gasteiger partial charge on any atom is -0.393 e. The summed E-state index contributed by atoms with van der Waals surface area (Å²) >= 11 is 0. The molecule has 0 spiro atoms. The van der Waals surface area contributed by atoms with Crippen molar-refractivity contribution in [2.24, 2.45) is 29.1 Å². The van der Waals surface area contributed by atoms with E-state index in [0.717, 1.165) is 0 Å². The van der Waals surface area contributed by atoms with E-state index < -0.39 is 47.0 Å². The summed E-state index contributed by atoms with van der Waals surface area (Å²) in [6.07, 6.45) is 0.420. The summed E-state index contributed by atoms with van der Waals surface area (Å²) < 4.78 is 8.95. The number of esters is 4. The van der Waals surface area contributed by atoms with Crippen LogP contribution < -0.4 is 0 Å². The number of cyclic esters (lactones) is 4. The lowest BCUT2D eigenvalue weighted by molar-refractivity contribution is -0.158. The first-order chi connectivity index (χ1) is 7.57. The molecule has 2 aliphatic heterocycles. The summed E-state index contributed by atoms with van der Waals surface area (Å²) in [5, 5.41) is 0. The molecule has 2 aliphatic carbocycles. The van der Waals surface area contributed by atoms with Gasteiger partial charge in [-0.05, 0) is 6.42 Å². The van der Waals surface area contributed by atoms with Crippen LogP contribution in [-0.4, -0.2) is 23.9 Å². The molecular weight excluding hydrogens is 216 g/mol. The van der Waals surface area contributed by atoms with E-state index in [2.05, 4.69) is 9.47 Å². The summed E-state index contributed by atoms with van der Waals surface area (Å²) in [6, 6.07) is 0. The van der Waals surface area contributed by atoms with Crippen molar-refractivity contribution in [2.75, 3.05) is 0 Å². The number of rotatable bonds is 1. The van der Waals surface area contributed by atoms with Crippen molar-refractivity contribution >= 4 is 23.9 Å². The number of carbonyl (C=O) groups excluding carboxylic acids is 4. The Morgan fingerprint density at radius 2 is 1.56 bits per heavy atom. The molecule has 0 N–H and O–H groups in total. The quantitative estimate of drug-likeness (QED) is 0.418. The molecule has 0 aromatic heterocycles. The number of hydrogen-bond donors (Lipinski definition) is 0. The number of hydrogen-bond acceptors (Lipinski definition) is 6. The van der Waals surface area contributed by atoms with Gasteiger partial charge in [-0.3, -0.25) is 19.2 Å². The summed E-state index contributed by atoms with van der Waals surface area (Å²) in [7, 11) is 0. The Bertz CT molecular complexity index is 474. The predicted molar refractivity (Wildman–Crippen MR) is 43.2 cm³/mol. The molecule has 2 saturated heterocycles. The molecule has 16 heavy (non-hydrogen) atoms. The van der Waals surface area contributed by atoms with Gasteiger partial charge in [0.05, 0.1) is 23.2 Å². The zero-order valence-electron chi connectivity index (χ0n) is 7.97. The maximum Gasteiger partial charge on any atom is 0.320 e. The number of carbonyl (C=O) groups is 4. The van der Waals surface area contributed by atoms with Gasteiger partial charge in [0.15, 0.2) is 0 Å². The highest BCUT2D eigenvalue weighted by molar-refractivity contribution is 6.08. The molecule has 0 aromatic carbocycles. The summed E-state index contributed by atoms with van der Waals surface area (Å²) in [5.74, 6) is -4.04. The third-order valence-corrected chi connectivity index (χ3v) is 4.22. The highest BCUT2D eigenvalue weighted by atomic mass is 16.6. The molecule has 6 heteroatoms.